The van der Waals surface area contributed by atoms with E-state index in [1.165, 1.54) is 0 Å². The maximum Gasteiger partial charge on any atom is 0.385 e. The summed E-state index contributed by atoms with van der Waals surface area (Å²) < 4.78 is 12.6. The molecular weight excluding hydrogens is 277 g/mol. The molecule has 0 radical (unpaired) electrons. The van der Waals surface area contributed by atoms with Gasteiger partial charge in [-0.15, -0.1) is 0 Å². The van der Waals surface area contributed by atoms with Crippen LogP contribution in [-0.4, -0.2) is 14.2 Å². The first kappa shape index (κ1) is 12.7. The Bertz CT molecular complexity index is 175. The molecule has 0 saturated heterocycles. The molecule has 11 heavy (non-hydrogen) atoms. The maximum absolute atomic E-state index is 10.4. The van der Waals surface area contributed by atoms with Gasteiger partial charge in [-0.1, -0.05) is 58.7 Å². The zero-order valence-corrected chi connectivity index (χ0v) is 9.56. The van der Waals surface area contributed by atoms with E-state index in [1.807, 2.05) is 0 Å². The summed E-state index contributed by atoms with van der Waals surface area (Å²) in [6.07, 6.45) is 0. The Kier molecular flexibility index (Phi) is 4.89. The SMILES string of the molecule is O=P(O)(S)OC(Cl)C(Cl)(Cl)Cl. The van der Waals surface area contributed by atoms with E-state index < -0.39 is 16.2 Å². The molecule has 0 bridgehead atoms. The van der Waals surface area contributed by atoms with Crippen molar-refractivity contribution in [2.24, 2.45) is 0 Å². The molecule has 0 heterocycles. The molecule has 0 aliphatic carbocycles. The van der Waals surface area contributed by atoms with Crippen molar-refractivity contribution in [3.63, 3.8) is 0 Å². The summed E-state index contributed by atoms with van der Waals surface area (Å²) in [6, 6.07) is 0. The molecular formula is C2H3Cl4O3PS. The fraction of sp³-hybridized carbons (Fsp3) is 1.00. The molecule has 0 fully saturated rings. The zero-order chi connectivity index (χ0) is 9.28. The third-order valence-corrected chi connectivity index (χ3v) is 2.73. The van der Waals surface area contributed by atoms with Gasteiger partial charge >= 0.3 is 6.80 Å². The predicted octanol–water partition coefficient (Wildman–Crippen LogP) is 2.97. The normalized spacial score (nSPS) is 20.9. The van der Waals surface area contributed by atoms with Crippen LogP contribution in [0.2, 0.25) is 0 Å². The second-order valence-electron chi connectivity index (χ2n) is 1.45. The van der Waals surface area contributed by atoms with Crippen LogP contribution in [0.3, 0.4) is 0 Å². The number of hydrogen-bond acceptors (Lipinski definition) is 2. The van der Waals surface area contributed by atoms with E-state index in [2.05, 4.69) is 16.8 Å². The highest BCUT2D eigenvalue weighted by Crippen LogP contribution is 2.52. The van der Waals surface area contributed by atoms with Gasteiger partial charge in [0.25, 0.3) is 0 Å². The van der Waals surface area contributed by atoms with E-state index >= 15 is 0 Å². The van der Waals surface area contributed by atoms with Gasteiger partial charge in [0.2, 0.25) is 3.79 Å². The van der Waals surface area contributed by atoms with Crippen molar-refractivity contribution in [1.29, 1.82) is 0 Å². The number of thiol groups is 1. The van der Waals surface area contributed by atoms with Crippen LogP contribution in [0.1, 0.15) is 0 Å². The van der Waals surface area contributed by atoms with Crippen LogP contribution < -0.4 is 0 Å². The number of rotatable bonds is 2. The molecule has 2 unspecified atom stereocenters. The van der Waals surface area contributed by atoms with Gasteiger partial charge in [0.1, 0.15) is 0 Å². The number of hydrogen-bond donors (Lipinski definition) is 2. The molecule has 68 valence electrons. The van der Waals surface area contributed by atoms with Crippen molar-refractivity contribution >= 4 is 65.5 Å². The molecule has 0 aliphatic heterocycles. The van der Waals surface area contributed by atoms with Gasteiger partial charge in [-0.3, -0.25) is 4.52 Å². The van der Waals surface area contributed by atoms with Gasteiger partial charge in [0.15, 0.2) is 5.56 Å². The lowest BCUT2D eigenvalue weighted by Gasteiger charge is -2.18. The van der Waals surface area contributed by atoms with Crippen molar-refractivity contribution in [3.05, 3.63) is 0 Å². The molecule has 2 atom stereocenters. The molecule has 3 nitrogen and oxygen atoms in total. The Balaban J connectivity index is 4.10. The first-order valence-electron chi connectivity index (χ1n) is 2.07. The van der Waals surface area contributed by atoms with Crippen LogP contribution >= 0.6 is 65.5 Å². The highest BCUT2D eigenvalue weighted by Gasteiger charge is 2.36. The van der Waals surface area contributed by atoms with E-state index in [0.29, 0.717) is 0 Å². The van der Waals surface area contributed by atoms with Gasteiger partial charge in [-0.2, -0.15) is 0 Å². The van der Waals surface area contributed by atoms with E-state index in [1.54, 1.807) is 0 Å². The Morgan fingerprint density at radius 1 is 1.55 bits per heavy atom. The second kappa shape index (κ2) is 4.25. The Morgan fingerprint density at radius 3 is 2.00 bits per heavy atom. The van der Waals surface area contributed by atoms with Crippen LogP contribution in [-0.2, 0) is 9.09 Å². The lowest BCUT2D eigenvalue weighted by molar-refractivity contribution is 0.252. The summed E-state index contributed by atoms with van der Waals surface area (Å²) in [7, 11) is 0. The fourth-order valence-electron chi connectivity index (χ4n) is 0.180. The molecule has 0 aromatic carbocycles. The molecule has 0 rings (SSSR count). The monoisotopic (exact) mass is 278 g/mol. The Morgan fingerprint density at radius 2 is 1.91 bits per heavy atom. The lowest BCUT2D eigenvalue weighted by Crippen LogP contribution is -2.20. The van der Waals surface area contributed by atoms with Crippen molar-refractivity contribution in [3.8, 4) is 0 Å². The van der Waals surface area contributed by atoms with Crippen molar-refractivity contribution in [2.75, 3.05) is 0 Å². The topological polar surface area (TPSA) is 46.5 Å². The van der Waals surface area contributed by atoms with Gasteiger partial charge in [0.05, 0.1) is 0 Å². The summed E-state index contributed by atoms with van der Waals surface area (Å²) in [4.78, 5) is 8.49. The molecule has 0 amide bonds. The van der Waals surface area contributed by atoms with E-state index in [9.17, 15) is 4.57 Å². The summed E-state index contributed by atoms with van der Waals surface area (Å²) in [6.45, 7) is -4.01. The molecule has 0 saturated carbocycles. The molecule has 0 spiro atoms. The summed E-state index contributed by atoms with van der Waals surface area (Å²) >= 11 is 24.0. The third kappa shape index (κ3) is 6.79. The van der Waals surface area contributed by atoms with E-state index in [4.69, 9.17) is 51.3 Å². The van der Waals surface area contributed by atoms with Crippen LogP contribution in [0, 0.1) is 0 Å². The highest BCUT2D eigenvalue weighted by molar-refractivity contribution is 8.44. The minimum Gasteiger partial charge on any atom is -0.317 e. The first-order valence-corrected chi connectivity index (χ1v) is 6.38. The van der Waals surface area contributed by atoms with Crippen molar-refractivity contribution in [1.82, 2.24) is 0 Å². The van der Waals surface area contributed by atoms with Gasteiger partial charge in [0, 0.05) is 0 Å². The zero-order valence-electron chi connectivity index (χ0n) is 4.75. The smallest absolute Gasteiger partial charge is 0.317 e. The maximum atomic E-state index is 10.4. The van der Waals surface area contributed by atoms with E-state index in [0.717, 1.165) is 0 Å². The van der Waals surface area contributed by atoms with Crippen LogP contribution in [0.5, 0.6) is 0 Å². The average molecular weight is 280 g/mol. The molecule has 1 N–H and O–H groups in total. The second-order valence-corrected chi connectivity index (χ2v) is 6.93. The highest BCUT2D eigenvalue weighted by atomic mass is 35.6. The van der Waals surface area contributed by atoms with Crippen LogP contribution in [0.25, 0.3) is 0 Å². The average Bonchev–Trinajstić information content (AvgIpc) is 1.56. The van der Waals surface area contributed by atoms with Crippen molar-refractivity contribution in [2.45, 2.75) is 9.36 Å². The van der Waals surface area contributed by atoms with Crippen molar-refractivity contribution < 1.29 is 14.0 Å². The largest absolute Gasteiger partial charge is 0.385 e. The Labute approximate surface area is 88.6 Å². The molecule has 0 aromatic rings. The quantitative estimate of drug-likeness (QED) is 0.464. The van der Waals surface area contributed by atoms with Gasteiger partial charge < -0.3 is 4.89 Å². The van der Waals surface area contributed by atoms with Crippen LogP contribution in [0.4, 0.5) is 0 Å². The van der Waals surface area contributed by atoms with E-state index in [-0.39, 0.29) is 0 Å². The van der Waals surface area contributed by atoms with Crippen LogP contribution in [0.15, 0.2) is 0 Å². The number of halogens is 4. The summed E-state index contributed by atoms with van der Waals surface area (Å²) in [5.74, 6) is 0. The Hall–Kier alpha value is 1.66. The van der Waals surface area contributed by atoms with Gasteiger partial charge in [-0.25, -0.2) is 4.57 Å². The lowest BCUT2D eigenvalue weighted by atomic mass is 10.8. The molecule has 0 aliphatic rings. The number of alkyl halides is 4. The predicted molar refractivity (Wildman–Crippen MR) is 49.8 cm³/mol. The standard InChI is InChI=1S/C2H3Cl4O3PS/c3-1(2(4,5)6)9-10(7,8)11/h1H,(H2,7,8,11). The molecule has 9 heteroatoms. The summed E-state index contributed by atoms with van der Waals surface area (Å²) in [5, 5.41) is 0. The minimum absolute atomic E-state index is 1.51. The van der Waals surface area contributed by atoms with Gasteiger partial charge in [-0.05, 0) is 0 Å². The molecule has 0 aromatic heterocycles. The first-order chi connectivity index (χ1) is 4.63. The third-order valence-electron chi connectivity index (χ3n) is 0.487. The fourth-order valence-corrected chi connectivity index (χ4v) is 1.67. The minimum atomic E-state index is -4.01. The summed E-state index contributed by atoms with van der Waals surface area (Å²) in [5.41, 5.74) is -1.51.